The van der Waals surface area contributed by atoms with Gasteiger partial charge in [0.05, 0.1) is 0 Å². The molecule has 0 amide bonds. The van der Waals surface area contributed by atoms with Crippen molar-refractivity contribution in [3.05, 3.63) is 0 Å². The van der Waals surface area contributed by atoms with Crippen molar-refractivity contribution >= 4 is 23.9 Å². The van der Waals surface area contributed by atoms with Crippen LogP contribution in [0.25, 0.3) is 0 Å². The van der Waals surface area contributed by atoms with Gasteiger partial charge in [0.15, 0.2) is 0 Å². The molecule has 0 fully saturated rings. The van der Waals surface area contributed by atoms with E-state index in [1.165, 1.54) is 0 Å². The highest BCUT2D eigenvalue weighted by atomic mass is 16.6. The van der Waals surface area contributed by atoms with Crippen LogP contribution in [-0.4, -0.2) is 34.8 Å². The minimum Gasteiger partial charge on any atom is -0.412 e. The predicted octanol–water partition coefficient (Wildman–Crippen LogP) is -2.48. The van der Waals surface area contributed by atoms with E-state index in [1.54, 1.807) is 0 Å². The Morgan fingerprint density at radius 1 is 0.714 bits per heavy atom. The van der Waals surface area contributed by atoms with Crippen molar-refractivity contribution < 1.29 is 39.6 Å². The molecule has 82 valence electrons. The first-order valence-corrected chi connectivity index (χ1v) is 2.88. The van der Waals surface area contributed by atoms with E-state index in [2.05, 4.69) is 9.47 Å². The van der Waals surface area contributed by atoms with Gasteiger partial charge in [0, 0.05) is 13.8 Å². The molecule has 14 heavy (non-hydrogen) atoms. The van der Waals surface area contributed by atoms with Gasteiger partial charge in [-0.15, -0.1) is 0 Å². The normalized spacial score (nSPS) is 7.29. The summed E-state index contributed by atoms with van der Waals surface area (Å²) in [5.74, 6) is -4.89. The summed E-state index contributed by atoms with van der Waals surface area (Å²) in [6.45, 7) is 1.89. The first-order chi connectivity index (χ1) is 5.43. The number of rotatable bonds is 0. The number of hydrogen-bond acceptors (Lipinski definition) is 6. The molecule has 0 aliphatic rings. The van der Waals surface area contributed by atoms with E-state index in [-0.39, 0.29) is 11.0 Å². The largest absolute Gasteiger partial charge is 0.425 e. The maximum Gasteiger partial charge on any atom is 0.425 e. The van der Waals surface area contributed by atoms with E-state index in [9.17, 15) is 19.2 Å². The maximum atomic E-state index is 10.4. The van der Waals surface area contributed by atoms with Crippen LogP contribution in [0.3, 0.4) is 0 Å². The third-order valence-corrected chi connectivity index (χ3v) is 0.640. The Hall–Kier alpha value is -1.80. The van der Waals surface area contributed by atoms with Gasteiger partial charge >= 0.3 is 23.9 Å². The van der Waals surface area contributed by atoms with Crippen LogP contribution in [0.2, 0.25) is 0 Å². The van der Waals surface area contributed by atoms with Crippen LogP contribution in [0.4, 0.5) is 0 Å². The van der Waals surface area contributed by atoms with Gasteiger partial charge < -0.3 is 20.4 Å². The summed E-state index contributed by atoms with van der Waals surface area (Å²) in [6, 6.07) is 0. The number of carbonyl (C=O) groups is 4. The molecule has 0 aliphatic heterocycles. The third kappa shape index (κ3) is 8.30. The van der Waals surface area contributed by atoms with Gasteiger partial charge in [-0.25, -0.2) is 9.59 Å². The van der Waals surface area contributed by atoms with Crippen LogP contribution < -0.4 is 0 Å². The molecular weight excluding hydrogens is 200 g/mol. The fourth-order valence-corrected chi connectivity index (χ4v) is 0.344. The monoisotopic (exact) mass is 210 g/mol. The van der Waals surface area contributed by atoms with Crippen LogP contribution in [0, 0.1) is 0 Å². The summed E-state index contributed by atoms with van der Waals surface area (Å²) in [6.07, 6.45) is 0. The fourth-order valence-electron chi connectivity index (χ4n) is 0.344. The number of carbonyl (C=O) groups excluding carboxylic acids is 4. The van der Waals surface area contributed by atoms with Gasteiger partial charge in [-0.3, -0.25) is 9.59 Å². The summed E-state index contributed by atoms with van der Waals surface area (Å²) in [5.41, 5.74) is 0. The summed E-state index contributed by atoms with van der Waals surface area (Å²) in [5, 5.41) is 0. The van der Waals surface area contributed by atoms with Crippen molar-refractivity contribution in [2.75, 3.05) is 0 Å². The Morgan fingerprint density at radius 3 is 1.07 bits per heavy atom. The molecule has 0 aromatic heterocycles. The van der Waals surface area contributed by atoms with E-state index >= 15 is 0 Å². The van der Waals surface area contributed by atoms with Crippen LogP contribution in [0.1, 0.15) is 13.8 Å². The van der Waals surface area contributed by atoms with Gasteiger partial charge in [-0.2, -0.15) is 0 Å². The van der Waals surface area contributed by atoms with Crippen LogP contribution >= 0.6 is 0 Å². The SMILES string of the molecule is CC(=O)OC(=O)C(=O)OC(C)=O.O.O. The zero-order chi connectivity index (χ0) is 9.72. The average molecular weight is 210 g/mol. The summed E-state index contributed by atoms with van der Waals surface area (Å²) in [4.78, 5) is 41.1. The molecule has 0 aromatic rings. The zero-order valence-corrected chi connectivity index (χ0v) is 7.45. The highest BCUT2D eigenvalue weighted by Gasteiger charge is 2.20. The number of esters is 4. The molecule has 0 radical (unpaired) electrons. The molecule has 0 heterocycles. The molecule has 8 nitrogen and oxygen atoms in total. The second-order valence-electron chi connectivity index (χ2n) is 1.76. The quantitative estimate of drug-likeness (QED) is 0.245. The van der Waals surface area contributed by atoms with Crippen LogP contribution in [0.5, 0.6) is 0 Å². The second-order valence-corrected chi connectivity index (χ2v) is 1.76. The Morgan fingerprint density at radius 2 is 0.929 bits per heavy atom. The maximum absolute atomic E-state index is 10.4. The van der Waals surface area contributed by atoms with Crippen molar-refractivity contribution in [2.45, 2.75) is 13.8 Å². The first-order valence-electron chi connectivity index (χ1n) is 2.88. The third-order valence-electron chi connectivity index (χ3n) is 0.640. The van der Waals surface area contributed by atoms with Crippen LogP contribution in [0.15, 0.2) is 0 Å². The smallest absolute Gasteiger partial charge is 0.412 e. The lowest BCUT2D eigenvalue weighted by Crippen LogP contribution is -2.23. The molecule has 0 unspecified atom stereocenters. The second kappa shape index (κ2) is 7.83. The Labute approximate surface area is 78.4 Å². The van der Waals surface area contributed by atoms with Gasteiger partial charge in [0.25, 0.3) is 0 Å². The van der Waals surface area contributed by atoms with Crippen molar-refractivity contribution in [2.24, 2.45) is 0 Å². The molecule has 0 aromatic carbocycles. The van der Waals surface area contributed by atoms with Crippen molar-refractivity contribution in [3.63, 3.8) is 0 Å². The summed E-state index contributed by atoms with van der Waals surface area (Å²) in [7, 11) is 0. The van der Waals surface area contributed by atoms with E-state index in [4.69, 9.17) is 0 Å². The Bertz CT molecular complexity index is 216. The molecule has 0 saturated carbocycles. The van der Waals surface area contributed by atoms with Gasteiger partial charge in [0.1, 0.15) is 0 Å². The molecule has 0 aliphatic carbocycles. The van der Waals surface area contributed by atoms with Crippen LogP contribution in [-0.2, 0) is 28.7 Å². The summed E-state index contributed by atoms with van der Waals surface area (Å²) >= 11 is 0. The van der Waals surface area contributed by atoms with Gasteiger partial charge in [0.2, 0.25) is 0 Å². The lowest BCUT2D eigenvalue weighted by molar-refractivity contribution is -0.176. The standard InChI is InChI=1S/C6H6O6.2H2O/c1-3(7)11-5(9)6(10)12-4(2)8;;/h1-2H3;2*1H2. The first kappa shape index (κ1) is 18.1. The summed E-state index contributed by atoms with van der Waals surface area (Å²) < 4.78 is 7.62. The average Bonchev–Trinajstić information content (AvgIpc) is 1.84. The van der Waals surface area contributed by atoms with Gasteiger partial charge in [-0.05, 0) is 0 Å². The van der Waals surface area contributed by atoms with Crippen molar-refractivity contribution in [3.8, 4) is 0 Å². The molecule has 0 saturated heterocycles. The molecule has 0 atom stereocenters. The Balaban J connectivity index is -0.000000605. The molecular formula is C6H10O8. The van der Waals surface area contributed by atoms with Crippen molar-refractivity contribution in [1.29, 1.82) is 0 Å². The minimum absolute atomic E-state index is 0. The highest BCUT2D eigenvalue weighted by Crippen LogP contribution is 1.85. The molecule has 0 rings (SSSR count). The fraction of sp³-hybridized carbons (Fsp3) is 0.333. The van der Waals surface area contributed by atoms with Gasteiger partial charge in [-0.1, -0.05) is 0 Å². The number of hydrogen-bond donors (Lipinski definition) is 0. The molecule has 0 spiro atoms. The van der Waals surface area contributed by atoms with E-state index in [0.717, 1.165) is 13.8 Å². The van der Waals surface area contributed by atoms with E-state index < -0.39 is 23.9 Å². The highest BCUT2D eigenvalue weighted by molar-refractivity contribution is 6.33. The lowest BCUT2D eigenvalue weighted by Gasteiger charge is -1.96. The van der Waals surface area contributed by atoms with E-state index in [0.29, 0.717) is 0 Å². The van der Waals surface area contributed by atoms with E-state index in [1.807, 2.05) is 0 Å². The molecule has 4 N–H and O–H groups in total. The van der Waals surface area contributed by atoms with Crippen molar-refractivity contribution in [1.82, 2.24) is 0 Å². The zero-order valence-electron chi connectivity index (χ0n) is 7.45. The molecule has 8 heteroatoms. The number of ether oxygens (including phenoxy) is 2. The predicted molar refractivity (Wildman–Crippen MR) is 40.8 cm³/mol. The Kier molecular flexibility index (Phi) is 10.1. The lowest BCUT2D eigenvalue weighted by atomic mass is 10.6. The minimum atomic E-state index is -1.50. The molecule has 0 bridgehead atoms. The topological polar surface area (TPSA) is 150 Å².